The molecule has 6 heteroatoms. The summed E-state index contributed by atoms with van der Waals surface area (Å²) in [5.41, 5.74) is 7.26. The highest BCUT2D eigenvalue weighted by atomic mass is 35.5. The number of nitrogens with two attached hydrogens (primary N) is 1. The van der Waals surface area contributed by atoms with E-state index in [2.05, 4.69) is 5.48 Å². The number of nitrogen functional groups attached to an aromatic ring is 1. The standard InChI is InChI=1S/C12H11ClN2O3/c13-8-4-2-1-3-7(8)5-6-18-15-10-9(14)11(16)12(10)17/h1-4,15H,5-6,14H2. The molecule has 2 aromatic rings. The molecular weight excluding hydrogens is 256 g/mol. The summed E-state index contributed by atoms with van der Waals surface area (Å²) in [6.07, 6.45) is 0.585. The molecular formula is C12H11ClN2O3. The Morgan fingerprint density at radius 3 is 2.61 bits per heavy atom. The molecule has 0 amide bonds. The third-order valence-electron chi connectivity index (χ3n) is 2.55. The monoisotopic (exact) mass is 266 g/mol. The molecule has 0 aliphatic heterocycles. The zero-order chi connectivity index (χ0) is 13.1. The largest absolute Gasteiger partial charge is 0.394 e. The molecule has 0 atom stereocenters. The fraction of sp³-hybridized carbons (Fsp3) is 0.167. The molecule has 0 aromatic heterocycles. The van der Waals surface area contributed by atoms with Gasteiger partial charge in [-0.05, 0) is 18.1 Å². The van der Waals surface area contributed by atoms with Gasteiger partial charge in [-0.1, -0.05) is 29.8 Å². The van der Waals surface area contributed by atoms with Crippen LogP contribution < -0.4 is 22.1 Å². The third-order valence-corrected chi connectivity index (χ3v) is 2.92. The summed E-state index contributed by atoms with van der Waals surface area (Å²) in [6.45, 7) is 0.308. The second kappa shape index (κ2) is 5.20. The molecule has 0 heterocycles. The summed E-state index contributed by atoms with van der Waals surface area (Å²) < 4.78 is 0. The first kappa shape index (κ1) is 12.6. The first-order chi connectivity index (χ1) is 8.61. The van der Waals surface area contributed by atoms with Crippen LogP contribution in [0.2, 0.25) is 5.02 Å². The van der Waals surface area contributed by atoms with Crippen molar-refractivity contribution in [2.24, 2.45) is 0 Å². The number of halogens is 1. The highest BCUT2D eigenvalue weighted by Crippen LogP contribution is 2.15. The van der Waals surface area contributed by atoms with Crippen molar-refractivity contribution in [2.45, 2.75) is 6.42 Å². The molecule has 0 aliphatic carbocycles. The van der Waals surface area contributed by atoms with E-state index >= 15 is 0 Å². The lowest BCUT2D eigenvalue weighted by molar-refractivity contribution is 0.197. The fourth-order valence-electron chi connectivity index (χ4n) is 1.50. The molecule has 0 fully saturated rings. The molecule has 0 unspecified atom stereocenters. The average Bonchev–Trinajstić information content (AvgIpc) is 2.39. The Morgan fingerprint density at radius 1 is 1.22 bits per heavy atom. The molecule has 0 radical (unpaired) electrons. The Bertz CT molecular complexity index is 632. The van der Waals surface area contributed by atoms with E-state index in [1.54, 1.807) is 6.07 Å². The van der Waals surface area contributed by atoms with Gasteiger partial charge in [0.1, 0.15) is 11.4 Å². The highest BCUT2D eigenvalue weighted by Gasteiger charge is 2.17. The third kappa shape index (κ3) is 2.37. The first-order valence-electron chi connectivity index (χ1n) is 5.31. The fourth-order valence-corrected chi connectivity index (χ4v) is 1.73. The minimum absolute atomic E-state index is 0.0270. The summed E-state index contributed by atoms with van der Waals surface area (Å²) in [4.78, 5) is 26.9. The maximum Gasteiger partial charge on any atom is 0.255 e. The summed E-state index contributed by atoms with van der Waals surface area (Å²) >= 11 is 5.97. The van der Waals surface area contributed by atoms with Crippen molar-refractivity contribution >= 4 is 23.0 Å². The van der Waals surface area contributed by atoms with Crippen LogP contribution in [0.4, 0.5) is 11.4 Å². The van der Waals surface area contributed by atoms with Gasteiger partial charge in [-0.3, -0.25) is 19.9 Å². The molecule has 0 aliphatic rings. The molecule has 0 bridgehead atoms. The summed E-state index contributed by atoms with van der Waals surface area (Å²) in [5, 5.41) is 0.662. The molecule has 94 valence electrons. The number of benzene rings is 1. The second-order valence-electron chi connectivity index (χ2n) is 3.74. The second-order valence-corrected chi connectivity index (χ2v) is 4.15. The zero-order valence-electron chi connectivity index (χ0n) is 9.40. The van der Waals surface area contributed by atoms with Gasteiger partial charge in [0, 0.05) is 5.02 Å². The Kier molecular flexibility index (Phi) is 3.64. The van der Waals surface area contributed by atoms with E-state index in [1.165, 1.54) is 0 Å². The molecule has 0 saturated carbocycles. The van der Waals surface area contributed by atoms with E-state index in [-0.39, 0.29) is 11.4 Å². The normalized spacial score (nSPS) is 10.7. The number of hydrogen-bond acceptors (Lipinski definition) is 5. The Labute approximate surface area is 108 Å². The minimum Gasteiger partial charge on any atom is -0.394 e. The topological polar surface area (TPSA) is 81.4 Å². The Balaban J connectivity index is 1.83. The lowest BCUT2D eigenvalue weighted by Crippen LogP contribution is -2.37. The smallest absolute Gasteiger partial charge is 0.255 e. The summed E-state index contributed by atoms with van der Waals surface area (Å²) in [5.74, 6) is 0. The minimum atomic E-state index is -0.674. The van der Waals surface area contributed by atoms with Crippen molar-refractivity contribution in [3.63, 3.8) is 0 Å². The highest BCUT2D eigenvalue weighted by molar-refractivity contribution is 6.31. The van der Waals surface area contributed by atoms with Crippen LogP contribution in [0.3, 0.4) is 0 Å². The maximum atomic E-state index is 11.0. The summed E-state index contributed by atoms with van der Waals surface area (Å²) in [6, 6.07) is 7.40. The molecule has 2 aromatic carbocycles. The van der Waals surface area contributed by atoms with E-state index in [0.717, 1.165) is 5.56 Å². The molecule has 0 saturated heterocycles. The van der Waals surface area contributed by atoms with Gasteiger partial charge in [-0.2, -0.15) is 0 Å². The van der Waals surface area contributed by atoms with Crippen LogP contribution in [-0.2, 0) is 11.3 Å². The van der Waals surface area contributed by atoms with Gasteiger partial charge >= 0.3 is 0 Å². The van der Waals surface area contributed by atoms with Crippen LogP contribution in [0.15, 0.2) is 33.9 Å². The van der Waals surface area contributed by atoms with Crippen molar-refractivity contribution in [3.05, 3.63) is 55.3 Å². The predicted molar refractivity (Wildman–Crippen MR) is 70.5 cm³/mol. The van der Waals surface area contributed by atoms with Crippen LogP contribution in [-0.4, -0.2) is 6.61 Å². The van der Waals surface area contributed by atoms with Crippen LogP contribution in [0, 0.1) is 0 Å². The van der Waals surface area contributed by atoms with Crippen LogP contribution in [0.25, 0.3) is 0 Å². The first-order valence-corrected chi connectivity index (χ1v) is 5.69. The van der Waals surface area contributed by atoms with Gasteiger partial charge in [-0.25, -0.2) is 0 Å². The van der Waals surface area contributed by atoms with E-state index in [9.17, 15) is 9.59 Å². The van der Waals surface area contributed by atoms with E-state index in [1.807, 2.05) is 18.2 Å². The average molecular weight is 267 g/mol. The van der Waals surface area contributed by atoms with Gasteiger partial charge in [0.2, 0.25) is 0 Å². The van der Waals surface area contributed by atoms with E-state index in [0.29, 0.717) is 18.1 Å². The van der Waals surface area contributed by atoms with Crippen molar-refractivity contribution in [1.82, 2.24) is 0 Å². The molecule has 18 heavy (non-hydrogen) atoms. The maximum absolute atomic E-state index is 11.0. The summed E-state index contributed by atoms with van der Waals surface area (Å²) in [7, 11) is 0. The van der Waals surface area contributed by atoms with Crippen molar-refractivity contribution < 1.29 is 4.84 Å². The van der Waals surface area contributed by atoms with Gasteiger partial charge < -0.3 is 5.73 Å². The number of hydrogen-bond donors (Lipinski definition) is 2. The molecule has 5 nitrogen and oxygen atoms in total. The molecule has 2 rings (SSSR count). The Hall–Kier alpha value is -1.85. The van der Waals surface area contributed by atoms with Gasteiger partial charge in [-0.15, -0.1) is 0 Å². The lowest BCUT2D eigenvalue weighted by Gasteiger charge is -2.10. The van der Waals surface area contributed by atoms with Crippen LogP contribution >= 0.6 is 11.6 Å². The van der Waals surface area contributed by atoms with Crippen molar-refractivity contribution in [3.8, 4) is 0 Å². The van der Waals surface area contributed by atoms with Gasteiger partial charge in [0.05, 0.1) is 6.61 Å². The van der Waals surface area contributed by atoms with Gasteiger partial charge in [0.15, 0.2) is 0 Å². The van der Waals surface area contributed by atoms with Crippen LogP contribution in [0.5, 0.6) is 0 Å². The zero-order valence-corrected chi connectivity index (χ0v) is 10.2. The molecule has 3 N–H and O–H groups in total. The SMILES string of the molecule is Nc1c(NOCCc2ccccc2Cl)c(=O)c1=O. The van der Waals surface area contributed by atoms with E-state index in [4.69, 9.17) is 22.2 Å². The van der Waals surface area contributed by atoms with Crippen LogP contribution in [0.1, 0.15) is 5.56 Å². The number of nitrogens with one attached hydrogen (secondary N) is 1. The number of rotatable bonds is 5. The quantitative estimate of drug-likeness (QED) is 0.481. The lowest BCUT2D eigenvalue weighted by atomic mass is 10.2. The van der Waals surface area contributed by atoms with Gasteiger partial charge in [0.25, 0.3) is 10.9 Å². The molecule has 0 spiro atoms. The van der Waals surface area contributed by atoms with Crippen molar-refractivity contribution in [1.29, 1.82) is 0 Å². The van der Waals surface area contributed by atoms with Crippen molar-refractivity contribution in [2.75, 3.05) is 17.8 Å². The predicted octanol–water partition coefficient (Wildman–Crippen LogP) is 1.10. The number of anilines is 2. The van der Waals surface area contributed by atoms with E-state index < -0.39 is 10.9 Å². The Morgan fingerprint density at radius 2 is 1.94 bits per heavy atom.